The van der Waals surface area contributed by atoms with E-state index < -0.39 is 0 Å². The molecule has 0 fully saturated rings. The number of aromatic nitrogens is 2. The Bertz CT molecular complexity index is 415. The molecule has 0 spiro atoms. The molecule has 0 amide bonds. The van der Waals surface area contributed by atoms with Gasteiger partial charge in [-0.25, -0.2) is 0 Å². The van der Waals surface area contributed by atoms with Crippen molar-refractivity contribution in [2.75, 3.05) is 0 Å². The zero-order valence-electron chi connectivity index (χ0n) is 13.2. The van der Waals surface area contributed by atoms with E-state index in [-0.39, 0.29) is 5.78 Å². The van der Waals surface area contributed by atoms with Gasteiger partial charge in [0.15, 0.2) is 5.78 Å². The van der Waals surface area contributed by atoms with Gasteiger partial charge in [0.05, 0.1) is 11.4 Å². The van der Waals surface area contributed by atoms with Gasteiger partial charge >= 0.3 is 0 Å². The average molecular weight is 276 g/mol. The van der Waals surface area contributed by atoms with Crippen molar-refractivity contribution in [2.45, 2.75) is 78.6 Å². The summed E-state index contributed by atoms with van der Waals surface area (Å²) in [6.07, 6.45) is 10.1. The maximum absolute atomic E-state index is 12.2. The maximum Gasteiger partial charge on any atom is 0.164 e. The third-order valence-electron chi connectivity index (χ3n) is 3.64. The summed E-state index contributed by atoms with van der Waals surface area (Å²) < 4.78 is 0. The van der Waals surface area contributed by atoms with Crippen LogP contribution in [-0.2, 0) is 6.42 Å². The Morgan fingerprint density at radius 3 is 2.30 bits per heavy atom. The minimum atomic E-state index is 0.230. The van der Waals surface area contributed by atoms with Gasteiger partial charge in [0.1, 0.15) is 0 Å². The quantitative estimate of drug-likeness (QED) is 0.460. The lowest BCUT2D eigenvalue weighted by Crippen LogP contribution is -2.07. The first kappa shape index (κ1) is 16.8. The van der Waals surface area contributed by atoms with Crippen molar-refractivity contribution in [2.24, 2.45) is 0 Å². The predicted octanol–water partition coefficient (Wildman–Crippen LogP) is 4.67. The minimum Gasteiger partial charge on any atom is -0.294 e. The number of hydrogen-bond donors (Lipinski definition) is 0. The van der Waals surface area contributed by atoms with E-state index >= 15 is 0 Å². The van der Waals surface area contributed by atoms with E-state index in [0.717, 1.165) is 36.2 Å². The Hall–Kier alpha value is -1.25. The van der Waals surface area contributed by atoms with Crippen LogP contribution in [0.15, 0.2) is 6.07 Å². The van der Waals surface area contributed by atoms with Crippen molar-refractivity contribution in [3.8, 4) is 0 Å². The summed E-state index contributed by atoms with van der Waals surface area (Å²) in [5.74, 6) is 0.230. The highest BCUT2D eigenvalue weighted by Gasteiger charge is 2.12. The Morgan fingerprint density at radius 2 is 1.65 bits per heavy atom. The molecule has 0 atom stereocenters. The molecular formula is C17H28N2O. The standard InChI is InChI=1S/C17H28N2O/c1-4-6-7-8-9-10-11-12-17(20)15-13-14(3)18-19-16(15)5-2/h13H,4-12H2,1-3H3. The highest BCUT2D eigenvalue weighted by molar-refractivity contribution is 5.97. The molecule has 0 aliphatic heterocycles. The van der Waals surface area contributed by atoms with E-state index in [1.807, 2.05) is 19.9 Å². The summed E-state index contributed by atoms with van der Waals surface area (Å²) in [7, 11) is 0. The molecule has 0 N–H and O–H groups in total. The predicted molar refractivity (Wildman–Crippen MR) is 83.1 cm³/mol. The van der Waals surface area contributed by atoms with Gasteiger partial charge in [0.2, 0.25) is 0 Å². The number of ketones is 1. The topological polar surface area (TPSA) is 42.9 Å². The first-order valence-electron chi connectivity index (χ1n) is 8.05. The number of aryl methyl sites for hydroxylation is 2. The van der Waals surface area contributed by atoms with E-state index in [9.17, 15) is 4.79 Å². The second kappa shape index (κ2) is 9.62. The Morgan fingerprint density at radius 1 is 1.00 bits per heavy atom. The second-order valence-electron chi connectivity index (χ2n) is 5.49. The smallest absolute Gasteiger partial charge is 0.164 e. The van der Waals surface area contributed by atoms with Crippen molar-refractivity contribution in [1.29, 1.82) is 0 Å². The van der Waals surface area contributed by atoms with Gasteiger partial charge in [-0.2, -0.15) is 10.2 Å². The zero-order valence-corrected chi connectivity index (χ0v) is 13.2. The first-order valence-corrected chi connectivity index (χ1v) is 8.05. The average Bonchev–Trinajstić information content (AvgIpc) is 2.46. The van der Waals surface area contributed by atoms with Gasteiger partial charge in [-0.15, -0.1) is 0 Å². The van der Waals surface area contributed by atoms with Crippen LogP contribution in [0.25, 0.3) is 0 Å². The molecule has 0 saturated heterocycles. The number of carbonyl (C=O) groups excluding carboxylic acids is 1. The number of nitrogens with zero attached hydrogens (tertiary/aromatic N) is 2. The van der Waals surface area contributed by atoms with E-state index in [1.54, 1.807) is 0 Å². The molecule has 3 heteroatoms. The summed E-state index contributed by atoms with van der Waals surface area (Å²) in [4.78, 5) is 12.2. The van der Waals surface area contributed by atoms with Crippen LogP contribution >= 0.6 is 0 Å². The van der Waals surface area contributed by atoms with E-state index in [0.29, 0.717) is 6.42 Å². The number of rotatable bonds is 10. The van der Waals surface area contributed by atoms with Crippen LogP contribution < -0.4 is 0 Å². The zero-order chi connectivity index (χ0) is 14.8. The first-order chi connectivity index (χ1) is 9.69. The van der Waals surface area contributed by atoms with Crippen molar-refractivity contribution in [1.82, 2.24) is 10.2 Å². The van der Waals surface area contributed by atoms with E-state index in [2.05, 4.69) is 17.1 Å². The van der Waals surface area contributed by atoms with Gasteiger partial charge in [-0.3, -0.25) is 4.79 Å². The largest absolute Gasteiger partial charge is 0.294 e. The van der Waals surface area contributed by atoms with Crippen LogP contribution in [0.2, 0.25) is 0 Å². The summed E-state index contributed by atoms with van der Waals surface area (Å²) in [6.45, 7) is 6.13. The third kappa shape index (κ3) is 5.81. The molecule has 1 rings (SSSR count). The normalized spacial score (nSPS) is 10.8. The molecule has 0 unspecified atom stereocenters. The molecule has 0 radical (unpaired) electrons. The highest BCUT2D eigenvalue weighted by Crippen LogP contribution is 2.14. The fourth-order valence-electron chi connectivity index (χ4n) is 2.39. The summed E-state index contributed by atoms with van der Waals surface area (Å²) in [5, 5.41) is 8.15. The van der Waals surface area contributed by atoms with Gasteiger partial charge in [0.25, 0.3) is 0 Å². The van der Waals surface area contributed by atoms with E-state index in [4.69, 9.17) is 0 Å². The molecule has 3 nitrogen and oxygen atoms in total. The third-order valence-corrected chi connectivity index (χ3v) is 3.64. The van der Waals surface area contributed by atoms with Gasteiger partial charge in [0, 0.05) is 12.0 Å². The van der Waals surface area contributed by atoms with Crippen LogP contribution in [0.3, 0.4) is 0 Å². The molecule has 0 aliphatic carbocycles. The molecule has 0 saturated carbocycles. The molecule has 0 aromatic carbocycles. The lowest BCUT2D eigenvalue weighted by Gasteiger charge is -2.06. The molecule has 0 aliphatic rings. The van der Waals surface area contributed by atoms with Crippen molar-refractivity contribution >= 4 is 5.78 Å². The monoisotopic (exact) mass is 276 g/mol. The lowest BCUT2D eigenvalue weighted by atomic mass is 10.0. The lowest BCUT2D eigenvalue weighted by molar-refractivity contribution is 0.0977. The molecule has 1 aromatic rings. The molecule has 0 bridgehead atoms. The van der Waals surface area contributed by atoms with Gasteiger partial charge in [-0.1, -0.05) is 52.4 Å². The van der Waals surface area contributed by atoms with E-state index in [1.165, 1.54) is 32.1 Å². The van der Waals surface area contributed by atoms with Crippen LogP contribution in [0.5, 0.6) is 0 Å². The maximum atomic E-state index is 12.2. The van der Waals surface area contributed by atoms with Gasteiger partial charge < -0.3 is 0 Å². The number of hydrogen-bond acceptors (Lipinski definition) is 3. The summed E-state index contributed by atoms with van der Waals surface area (Å²) in [6, 6.07) is 1.88. The molecule has 20 heavy (non-hydrogen) atoms. The van der Waals surface area contributed by atoms with Crippen molar-refractivity contribution < 1.29 is 4.79 Å². The van der Waals surface area contributed by atoms with Crippen molar-refractivity contribution in [3.05, 3.63) is 23.0 Å². The Labute approximate surface area is 123 Å². The van der Waals surface area contributed by atoms with Gasteiger partial charge in [-0.05, 0) is 25.8 Å². The second-order valence-corrected chi connectivity index (χ2v) is 5.49. The molecule has 1 heterocycles. The van der Waals surface area contributed by atoms with Crippen LogP contribution in [0.4, 0.5) is 0 Å². The van der Waals surface area contributed by atoms with Crippen molar-refractivity contribution in [3.63, 3.8) is 0 Å². The molecule has 1 aromatic heterocycles. The Kier molecular flexibility index (Phi) is 8.08. The minimum absolute atomic E-state index is 0.230. The number of Topliss-reactive ketones (excluding diaryl/α,β-unsaturated/α-hetero) is 1. The SMILES string of the molecule is CCCCCCCCCC(=O)c1cc(C)nnc1CC. The summed E-state index contributed by atoms with van der Waals surface area (Å²) in [5.41, 5.74) is 2.44. The molecule has 112 valence electrons. The van der Waals surface area contributed by atoms with Crippen LogP contribution in [-0.4, -0.2) is 16.0 Å². The Balaban J connectivity index is 2.34. The van der Waals surface area contributed by atoms with Crippen LogP contribution in [0.1, 0.15) is 87.0 Å². The fourth-order valence-corrected chi connectivity index (χ4v) is 2.39. The highest BCUT2D eigenvalue weighted by atomic mass is 16.1. The number of carbonyl (C=O) groups is 1. The fraction of sp³-hybridized carbons (Fsp3) is 0.706. The summed E-state index contributed by atoms with van der Waals surface area (Å²) >= 11 is 0. The number of unbranched alkanes of at least 4 members (excludes halogenated alkanes) is 6. The van der Waals surface area contributed by atoms with Crippen LogP contribution in [0, 0.1) is 6.92 Å². The molecular weight excluding hydrogens is 248 g/mol.